The van der Waals surface area contributed by atoms with E-state index in [9.17, 15) is 14.7 Å². The van der Waals surface area contributed by atoms with Crippen molar-refractivity contribution in [2.45, 2.75) is 39.0 Å². The molecule has 1 aromatic rings. The van der Waals surface area contributed by atoms with Crippen molar-refractivity contribution in [1.29, 1.82) is 0 Å². The molecule has 0 saturated heterocycles. The number of aliphatic carboxylic acids is 1. The summed E-state index contributed by atoms with van der Waals surface area (Å²) in [6.45, 7) is 4.31. The Hall–Kier alpha value is -2.10. The quantitative estimate of drug-likeness (QED) is 0.813. The van der Waals surface area contributed by atoms with Gasteiger partial charge in [-0.2, -0.15) is 0 Å². The Kier molecular flexibility index (Phi) is 5.36. The molecule has 0 bridgehead atoms. The Morgan fingerprint density at radius 1 is 1.18 bits per heavy atom. The van der Waals surface area contributed by atoms with E-state index in [2.05, 4.69) is 19.2 Å². The van der Waals surface area contributed by atoms with E-state index in [0.29, 0.717) is 18.8 Å². The number of amides is 1. The van der Waals surface area contributed by atoms with Crippen LogP contribution in [0.3, 0.4) is 0 Å². The van der Waals surface area contributed by atoms with E-state index in [1.165, 1.54) is 5.56 Å². The maximum absolute atomic E-state index is 12.3. The third-order valence-electron chi connectivity index (χ3n) is 4.45. The second-order valence-electron chi connectivity index (χ2n) is 5.91. The van der Waals surface area contributed by atoms with Gasteiger partial charge in [0.05, 0.1) is 11.8 Å². The zero-order chi connectivity index (χ0) is 16.1. The van der Waals surface area contributed by atoms with E-state index in [1.54, 1.807) is 0 Å². The molecule has 2 N–H and O–H groups in total. The molecule has 1 aliphatic carbocycles. The van der Waals surface area contributed by atoms with E-state index >= 15 is 0 Å². The molecule has 118 valence electrons. The molecule has 4 heteroatoms. The Bertz CT molecular complexity index is 562. The van der Waals surface area contributed by atoms with Crippen molar-refractivity contribution in [2.24, 2.45) is 11.8 Å². The van der Waals surface area contributed by atoms with E-state index in [0.717, 1.165) is 12.1 Å². The summed E-state index contributed by atoms with van der Waals surface area (Å²) in [6.07, 6.45) is 5.69. The number of carbonyl (C=O) groups is 2. The van der Waals surface area contributed by atoms with Crippen LogP contribution in [0.5, 0.6) is 0 Å². The van der Waals surface area contributed by atoms with Gasteiger partial charge in [0, 0.05) is 5.69 Å². The van der Waals surface area contributed by atoms with Crippen LogP contribution in [0.25, 0.3) is 0 Å². The van der Waals surface area contributed by atoms with Crippen LogP contribution < -0.4 is 5.32 Å². The second kappa shape index (κ2) is 7.25. The summed E-state index contributed by atoms with van der Waals surface area (Å²) >= 11 is 0. The fourth-order valence-corrected chi connectivity index (χ4v) is 2.74. The van der Waals surface area contributed by atoms with Crippen molar-refractivity contribution in [2.75, 3.05) is 5.32 Å². The molecule has 0 aliphatic heterocycles. The lowest BCUT2D eigenvalue weighted by Gasteiger charge is -2.24. The van der Waals surface area contributed by atoms with E-state index in [4.69, 9.17) is 0 Å². The average molecular weight is 301 g/mol. The van der Waals surface area contributed by atoms with Gasteiger partial charge in [-0.15, -0.1) is 0 Å². The summed E-state index contributed by atoms with van der Waals surface area (Å²) in [4.78, 5) is 23.6. The molecule has 1 aromatic carbocycles. The monoisotopic (exact) mass is 301 g/mol. The number of carbonyl (C=O) groups excluding carboxylic acids is 1. The van der Waals surface area contributed by atoms with Gasteiger partial charge in [-0.3, -0.25) is 9.59 Å². The number of anilines is 1. The van der Waals surface area contributed by atoms with Crippen LogP contribution in [-0.2, 0) is 9.59 Å². The fourth-order valence-electron chi connectivity index (χ4n) is 2.74. The first-order chi connectivity index (χ1) is 10.5. The van der Waals surface area contributed by atoms with Gasteiger partial charge >= 0.3 is 5.97 Å². The lowest BCUT2D eigenvalue weighted by atomic mass is 9.82. The number of benzene rings is 1. The molecular weight excluding hydrogens is 278 g/mol. The predicted octanol–water partition coefficient (Wildman–Crippen LogP) is 3.81. The summed E-state index contributed by atoms with van der Waals surface area (Å²) in [5.74, 6) is -1.77. The molecule has 4 nitrogen and oxygen atoms in total. The number of carboxylic acids is 1. The second-order valence-corrected chi connectivity index (χ2v) is 5.91. The Balaban J connectivity index is 2.05. The highest BCUT2D eigenvalue weighted by Gasteiger charge is 2.33. The van der Waals surface area contributed by atoms with Crippen LogP contribution in [0.1, 0.15) is 44.6 Å². The third-order valence-corrected chi connectivity index (χ3v) is 4.45. The SMILES string of the molecule is CC[C@@H](C)c1ccc(NC(=O)[C@@H]2CC=CC[C@@H]2C(=O)O)cc1. The molecule has 2 rings (SSSR count). The summed E-state index contributed by atoms with van der Waals surface area (Å²) in [5, 5.41) is 12.1. The van der Waals surface area contributed by atoms with Crippen LogP contribution >= 0.6 is 0 Å². The van der Waals surface area contributed by atoms with Crippen molar-refractivity contribution in [1.82, 2.24) is 0 Å². The first-order valence-corrected chi connectivity index (χ1v) is 7.81. The molecule has 0 radical (unpaired) electrons. The van der Waals surface area contributed by atoms with Crippen LogP contribution in [0.2, 0.25) is 0 Å². The van der Waals surface area contributed by atoms with E-state index in [1.807, 2.05) is 36.4 Å². The minimum atomic E-state index is -0.906. The van der Waals surface area contributed by atoms with Crippen LogP contribution in [0, 0.1) is 11.8 Å². The van der Waals surface area contributed by atoms with Crippen LogP contribution in [-0.4, -0.2) is 17.0 Å². The minimum absolute atomic E-state index is 0.215. The topological polar surface area (TPSA) is 66.4 Å². The fraction of sp³-hybridized carbons (Fsp3) is 0.444. The van der Waals surface area contributed by atoms with Gasteiger partial charge < -0.3 is 10.4 Å². The van der Waals surface area contributed by atoms with Crippen LogP contribution in [0.15, 0.2) is 36.4 Å². The Labute approximate surface area is 131 Å². The number of hydrogen-bond donors (Lipinski definition) is 2. The molecular formula is C18H23NO3. The molecule has 0 unspecified atom stereocenters. The zero-order valence-electron chi connectivity index (χ0n) is 13.1. The minimum Gasteiger partial charge on any atom is -0.481 e. The third kappa shape index (κ3) is 3.75. The van der Waals surface area contributed by atoms with Gasteiger partial charge in [0.2, 0.25) is 5.91 Å². The highest BCUT2D eigenvalue weighted by molar-refractivity contribution is 5.95. The number of carboxylic acid groups (broad SMARTS) is 1. The highest BCUT2D eigenvalue weighted by Crippen LogP contribution is 2.27. The first-order valence-electron chi connectivity index (χ1n) is 7.81. The number of rotatable bonds is 5. The molecule has 0 aromatic heterocycles. The molecule has 0 saturated carbocycles. The Morgan fingerprint density at radius 2 is 1.77 bits per heavy atom. The summed E-state index contributed by atoms with van der Waals surface area (Å²) in [7, 11) is 0. The average Bonchev–Trinajstić information content (AvgIpc) is 2.54. The summed E-state index contributed by atoms with van der Waals surface area (Å²) in [6, 6.07) is 7.79. The van der Waals surface area contributed by atoms with Crippen molar-refractivity contribution < 1.29 is 14.7 Å². The molecule has 22 heavy (non-hydrogen) atoms. The maximum Gasteiger partial charge on any atom is 0.307 e. The molecule has 0 heterocycles. The number of nitrogens with one attached hydrogen (secondary N) is 1. The summed E-state index contributed by atoms with van der Waals surface area (Å²) in [5.41, 5.74) is 1.96. The zero-order valence-corrected chi connectivity index (χ0v) is 13.1. The lowest BCUT2D eigenvalue weighted by Crippen LogP contribution is -2.34. The maximum atomic E-state index is 12.3. The van der Waals surface area contributed by atoms with Gasteiger partial charge in [-0.1, -0.05) is 38.1 Å². The first kappa shape index (κ1) is 16.3. The van der Waals surface area contributed by atoms with Gasteiger partial charge in [0.1, 0.15) is 0 Å². The molecule has 1 aliphatic rings. The largest absolute Gasteiger partial charge is 0.481 e. The van der Waals surface area contributed by atoms with E-state index in [-0.39, 0.29) is 5.91 Å². The predicted molar refractivity (Wildman–Crippen MR) is 86.8 cm³/mol. The number of allylic oxidation sites excluding steroid dienone is 2. The molecule has 3 atom stereocenters. The van der Waals surface area contributed by atoms with Gasteiger partial charge in [0.25, 0.3) is 0 Å². The van der Waals surface area contributed by atoms with Crippen molar-refractivity contribution in [3.63, 3.8) is 0 Å². The molecule has 1 amide bonds. The van der Waals surface area contributed by atoms with Crippen molar-refractivity contribution in [3.05, 3.63) is 42.0 Å². The van der Waals surface area contributed by atoms with Crippen molar-refractivity contribution in [3.8, 4) is 0 Å². The highest BCUT2D eigenvalue weighted by atomic mass is 16.4. The lowest BCUT2D eigenvalue weighted by molar-refractivity contribution is -0.146. The van der Waals surface area contributed by atoms with Crippen LogP contribution in [0.4, 0.5) is 5.69 Å². The number of hydrogen-bond acceptors (Lipinski definition) is 2. The van der Waals surface area contributed by atoms with Gasteiger partial charge in [-0.05, 0) is 42.9 Å². The molecule has 0 fully saturated rings. The normalized spacial score (nSPS) is 22.1. The Morgan fingerprint density at radius 3 is 2.32 bits per heavy atom. The van der Waals surface area contributed by atoms with Gasteiger partial charge in [-0.25, -0.2) is 0 Å². The summed E-state index contributed by atoms with van der Waals surface area (Å²) < 4.78 is 0. The van der Waals surface area contributed by atoms with Crippen molar-refractivity contribution >= 4 is 17.6 Å². The smallest absolute Gasteiger partial charge is 0.307 e. The van der Waals surface area contributed by atoms with Gasteiger partial charge in [0.15, 0.2) is 0 Å². The standard InChI is InChI=1S/C18H23NO3/c1-3-12(2)13-8-10-14(11-9-13)19-17(20)15-6-4-5-7-16(15)18(21)22/h4-5,8-12,15-16H,3,6-7H2,1-2H3,(H,19,20)(H,21,22)/t12-,15-,16+/m1/s1. The van der Waals surface area contributed by atoms with E-state index < -0.39 is 17.8 Å². The molecule has 0 spiro atoms.